The first-order valence-electron chi connectivity index (χ1n) is 4.39. The number of benzene rings is 1. The zero-order chi connectivity index (χ0) is 11.0. The van der Waals surface area contributed by atoms with E-state index in [0.717, 1.165) is 0 Å². The van der Waals surface area contributed by atoms with Gasteiger partial charge in [-0.15, -0.1) is 0 Å². The molecule has 0 unspecified atom stereocenters. The van der Waals surface area contributed by atoms with Crippen molar-refractivity contribution < 1.29 is 9.13 Å². The van der Waals surface area contributed by atoms with Crippen LogP contribution in [0.5, 0.6) is 5.75 Å². The van der Waals surface area contributed by atoms with Gasteiger partial charge in [0, 0.05) is 5.56 Å². The summed E-state index contributed by atoms with van der Waals surface area (Å²) in [5.74, 6) is 0.0884. The molecular formula is C10H14FNO2. The molecule has 14 heavy (non-hydrogen) atoms. The molecular weight excluding hydrogens is 185 g/mol. The molecule has 1 rings (SSSR count). The zero-order valence-electron chi connectivity index (χ0n) is 8.58. The van der Waals surface area contributed by atoms with E-state index in [1.165, 1.54) is 25.3 Å². The van der Waals surface area contributed by atoms with E-state index in [2.05, 4.69) is 5.18 Å². The Balaban J connectivity index is 0.000000791. The third-order valence-electron chi connectivity index (χ3n) is 1.49. The van der Waals surface area contributed by atoms with Crippen molar-refractivity contribution >= 4 is 0 Å². The Bertz CT molecular complexity index is 289. The molecule has 0 N–H and O–H groups in total. The van der Waals surface area contributed by atoms with Gasteiger partial charge in [-0.3, -0.25) is 0 Å². The maximum Gasteiger partial charge on any atom is 0.128 e. The van der Waals surface area contributed by atoms with Gasteiger partial charge in [-0.1, -0.05) is 19.0 Å². The molecule has 0 amide bonds. The predicted octanol–water partition coefficient (Wildman–Crippen LogP) is 3.13. The summed E-state index contributed by atoms with van der Waals surface area (Å²) in [6.07, 6.45) is 0. The summed E-state index contributed by atoms with van der Waals surface area (Å²) >= 11 is 0. The molecule has 78 valence electrons. The van der Waals surface area contributed by atoms with Gasteiger partial charge in [0.05, 0.1) is 7.11 Å². The van der Waals surface area contributed by atoms with Crippen molar-refractivity contribution in [2.45, 2.75) is 20.4 Å². The first kappa shape index (κ1) is 12.6. The number of nitroso groups, excluding NO2 is 1. The van der Waals surface area contributed by atoms with E-state index in [4.69, 9.17) is 4.74 Å². The van der Waals surface area contributed by atoms with E-state index in [1.54, 1.807) is 0 Å². The fourth-order valence-corrected chi connectivity index (χ4v) is 0.869. The van der Waals surface area contributed by atoms with Gasteiger partial charge in [-0.05, 0) is 18.2 Å². The SMILES string of the molecule is CC.COc1ccc(F)c(CN=O)c1. The van der Waals surface area contributed by atoms with Crippen LogP contribution in [0.4, 0.5) is 4.39 Å². The maximum atomic E-state index is 12.8. The normalized spacial score (nSPS) is 8.57. The van der Waals surface area contributed by atoms with Gasteiger partial charge in [0.1, 0.15) is 18.1 Å². The fourth-order valence-electron chi connectivity index (χ4n) is 0.869. The average molecular weight is 199 g/mol. The molecule has 3 nitrogen and oxygen atoms in total. The van der Waals surface area contributed by atoms with Crippen molar-refractivity contribution in [3.8, 4) is 5.75 Å². The Morgan fingerprint density at radius 2 is 2.07 bits per heavy atom. The minimum absolute atomic E-state index is 0.164. The van der Waals surface area contributed by atoms with E-state index in [-0.39, 0.29) is 12.1 Å². The Morgan fingerprint density at radius 1 is 1.43 bits per heavy atom. The van der Waals surface area contributed by atoms with Gasteiger partial charge >= 0.3 is 0 Å². The van der Waals surface area contributed by atoms with Crippen molar-refractivity contribution in [1.29, 1.82) is 0 Å². The van der Waals surface area contributed by atoms with Crippen molar-refractivity contribution in [3.63, 3.8) is 0 Å². The molecule has 0 fully saturated rings. The zero-order valence-corrected chi connectivity index (χ0v) is 8.58. The Morgan fingerprint density at radius 3 is 2.57 bits per heavy atom. The monoisotopic (exact) mass is 199 g/mol. The summed E-state index contributed by atoms with van der Waals surface area (Å²) < 4.78 is 17.7. The molecule has 0 aliphatic heterocycles. The van der Waals surface area contributed by atoms with Gasteiger partial charge < -0.3 is 4.74 Å². The predicted molar refractivity (Wildman–Crippen MR) is 53.8 cm³/mol. The minimum Gasteiger partial charge on any atom is -0.497 e. The molecule has 0 radical (unpaired) electrons. The molecule has 1 aromatic rings. The summed E-state index contributed by atoms with van der Waals surface area (Å²) in [5.41, 5.74) is 0.254. The van der Waals surface area contributed by atoms with Crippen LogP contribution in [0.2, 0.25) is 0 Å². The number of methoxy groups -OCH3 is 1. The first-order valence-corrected chi connectivity index (χ1v) is 4.39. The van der Waals surface area contributed by atoms with E-state index in [0.29, 0.717) is 5.75 Å². The number of hydrogen-bond donors (Lipinski definition) is 0. The third kappa shape index (κ3) is 3.51. The van der Waals surface area contributed by atoms with Crippen LogP contribution in [-0.4, -0.2) is 7.11 Å². The van der Waals surface area contributed by atoms with Gasteiger partial charge in [-0.2, -0.15) is 4.91 Å². The minimum atomic E-state index is -0.435. The molecule has 0 bridgehead atoms. The van der Waals surface area contributed by atoms with E-state index >= 15 is 0 Å². The lowest BCUT2D eigenvalue weighted by Gasteiger charge is -2.01. The second kappa shape index (κ2) is 7.00. The van der Waals surface area contributed by atoms with Crippen LogP contribution in [0, 0.1) is 10.7 Å². The second-order valence-corrected chi connectivity index (χ2v) is 2.24. The Labute approximate surface area is 82.9 Å². The number of hydrogen-bond acceptors (Lipinski definition) is 3. The van der Waals surface area contributed by atoms with Crippen molar-refractivity contribution in [2.75, 3.05) is 7.11 Å². The quantitative estimate of drug-likeness (QED) is 0.701. The highest BCUT2D eigenvalue weighted by Crippen LogP contribution is 2.16. The summed E-state index contributed by atoms with van der Waals surface area (Å²) in [4.78, 5) is 9.87. The van der Waals surface area contributed by atoms with E-state index < -0.39 is 5.82 Å². The van der Waals surface area contributed by atoms with Crippen LogP contribution in [-0.2, 0) is 6.54 Å². The molecule has 0 spiro atoms. The highest BCUT2D eigenvalue weighted by atomic mass is 19.1. The van der Waals surface area contributed by atoms with Crippen LogP contribution in [0.15, 0.2) is 23.4 Å². The molecule has 0 heterocycles. The van der Waals surface area contributed by atoms with Crippen LogP contribution in [0.1, 0.15) is 19.4 Å². The summed E-state index contributed by atoms with van der Waals surface area (Å²) in [6.45, 7) is 3.84. The molecule has 0 saturated carbocycles. The number of ether oxygens (including phenoxy) is 1. The smallest absolute Gasteiger partial charge is 0.128 e. The summed E-state index contributed by atoms with van der Waals surface area (Å²) in [6, 6.07) is 4.19. The second-order valence-electron chi connectivity index (χ2n) is 2.24. The molecule has 0 atom stereocenters. The van der Waals surface area contributed by atoms with Crippen LogP contribution >= 0.6 is 0 Å². The maximum absolute atomic E-state index is 12.8. The van der Waals surface area contributed by atoms with Gasteiger partial charge in [0.15, 0.2) is 0 Å². The molecule has 0 aromatic heterocycles. The third-order valence-corrected chi connectivity index (χ3v) is 1.49. The van der Waals surface area contributed by atoms with Crippen LogP contribution in [0.3, 0.4) is 0 Å². The number of halogens is 1. The first-order chi connectivity index (χ1) is 6.77. The topological polar surface area (TPSA) is 38.7 Å². The highest BCUT2D eigenvalue weighted by molar-refractivity contribution is 5.29. The molecule has 4 heteroatoms. The highest BCUT2D eigenvalue weighted by Gasteiger charge is 2.02. The van der Waals surface area contributed by atoms with Crippen molar-refractivity contribution in [1.82, 2.24) is 0 Å². The van der Waals surface area contributed by atoms with E-state index in [9.17, 15) is 9.30 Å². The standard InChI is InChI=1S/C8H8FNO2.C2H6/c1-12-7-2-3-8(9)6(4-7)5-10-11;1-2/h2-4H,5H2,1H3;1-2H3. The fraction of sp³-hybridized carbons (Fsp3) is 0.400. The van der Waals surface area contributed by atoms with Crippen molar-refractivity contribution in [2.24, 2.45) is 5.18 Å². The van der Waals surface area contributed by atoms with Gasteiger partial charge in [0.25, 0.3) is 0 Å². The van der Waals surface area contributed by atoms with E-state index in [1.807, 2.05) is 13.8 Å². The summed E-state index contributed by atoms with van der Waals surface area (Å²) in [5, 5.41) is 2.60. The molecule has 0 aliphatic carbocycles. The average Bonchev–Trinajstić information content (AvgIpc) is 2.24. The summed E-state index contributed by atoms with van der Waals surface area (Å²) in [7, 11) is 1.48. The van der Waals surface area contributed by atoms with Gasteiger partial charge in [-0.25, -0.2) is 4.39 Å². The lowest BCUT2D eigenvalue weighted by molar-refractivity contribution is 0.413. The lowest BCUT2D eigenvalue weighted by atomic mass is 10.2. The number of nitrogens with zero attached hydrogens (tertiary/aromatic N) is 1. The van der Waals surface area contributed by atoms with Crippen LogP contribution < -0.4 is 4.74 Å². The van der Waals surface area contributed by atoms with Crippen molar-refractivity contribution in [3.05, 3.63) is 34.5 Å². The molecule has 1 aromatic carbocycles. The Hall–Kier alpha value is -1.45. The molecule has 0 saturated heterocycles. The van der Waals surface area contributed by atoms with Gasteiger partial charge in [0.2, 0.25) is 0 Å². The molecule has 0 aliphatic rings. The van der Waals surface area contributed by atoms with Crippen LogP contribution in [0.25, 0.3) is 0 Å². The Kier molecular flexibility index (Phi) is 6.28. The number of rotatable bonds is 3. The lowest BCUT2D eigenvalue weighted by Crippen LogP contribution is -1.90. The largest absolute Gasteiger partial charge is 0.497 e.